The van der Waals surface area contributed by atoms with Crippen LogP contribution in [-0.4, -0.2) is 56.1 Å². The zero-order chi connectivity index (χ0) is 16.7. The Morgan fingerprint density at radius 1 is 1.30 bits per heavy atom. The van der Waals surface area contributed by atoms with Crippen LogP contribution in [0.4, 0.5) is 25.0 Å². The van der Waals surface area contributed by atoms with Gasteiger partial charge < -0.3 is 19.5 Å². The lowest BCUT2D eigenvalue weighted by Gasteiger charge is -2.40. The van der Waals surface area contributed by atoms with E-state index in [-0.39, 0.29) is 24.0 Å². The minimum absolute atomic E-state index is 0.0710. The summed E-state index contributed by atoms with van der Waals surface area (Å²) in [5.41, 5.74) is -0.272. The molecule has 23 heavy (non-hydrogen) atoms. The van der Waals surface area contributed by atoms with Gasteiger partial charge in [-0.3, -0.25) is 4.90 Å². The van der Waals surface area contributed by atoms with Crippen LogP contribution in [-0.2, 0) is 14.3 Å². The molecule has 2 saturated heterocycles. The lowest BCUT2D eigenvalue weighted by molar-refractivity contribution is -0.144. The van der Waals surface area contributed by atoms with Crippen LogP contribution in [0.25, 0.3) is 0 Å². The second-order valence-electron chi connectivity index (χ2n) is 5.34. The minimum Gasteiger partial charge on any atom is -0.478 e. The molecule has 1 aromatic rings. The van der Waals surface area contributed by atoms with Crippen LogP contribution in [0.2, 0.25) is 0 Å². The molecule has 0 radical (unpaired) electrons. The Labute approximate surface area is 130 Å². The van der Waals surface area contributed by atoms with E-state index in [0.717, 1.165) is 17.0 Å². The van der Waals surface area contributed by atoms with Crippen molar-refractivity contribution in [2.24, 2.45) is 0 Å². The number of cyclic esters (lactones) is 1. The maximum absolute atomic E-state index is 14.2. The van der Waals surface area contributed by atoms with Gasteiger partial charge in [-0.25, -0.2) is 18.4 Å². The standard InChI is InChI=1S/C14H14F2N2O5/c1-22-8-4-17(5-8)12-9(15)2-7(3-10(12)16)18-6-11(13(19)20)23-14(18)21/h2-3,8,11H,4-6H2,1H3,(H,19,20)/t11-/m1/s1. The molecule has 124 valence electrons. The minimum atomic E-state index is -1.36. The van der Waals surface area contributed by atoms with Crippen LogP contribution in [0.15, 0.2) is 12.1 Å². The van der Waals surface area contributed by atoms with Crippen LogP contribution >= 0.6 is 0 Å². The third kappa shape index (κ3) is 2.67. The predicted octanol–water partition coefficient (Wildman–Crippen LogP) is 1.21. The molecule has 0 aromatic heterocycles. The van der Waals surface area contributed by atoms with Gasteiger partial charge in [0.05, 0.1) is 18.3 Å². The van der Waals surface area contributed by atoms with Crippen molar-refractivity contribution in [2.75, 3.05) is 36.5 Å². The first kappa shape index (κ1) is 15.5. The van der Waals surface area contributed by atoms with Gasteiger partial charge in [-0.05, 0) is 0 Å². The van der Waals surface area contributed by atoms with E-state index in [1.165, 1.54) is 12.0 Å². The van der Waals surface area contributed by atoms with E-state index in [1.807, 2.05) is 0 Å². The van der Waals surface area contributed by atoms with Crippen molar-refractivity contribution in [3.05, 3.63) is 23.8 Å². The molecule has 0 saturated carbocycles. The SMILES string of the molecule is COC1CN(c2c(F)cc(N3C[C@H](C(=O)O)OC3=O)cc2F)C1. The Hall–Kier alpha value is -2.42. The highest BCUT2D eigenvalue weighted by atomic mass is 19.1. The molecule has 1 atom stereocenters. The van der Waals surface area contributed by atoms with E-state index in [9.17, 15) is 18.4 Å². The summed E-state index contributed by atoms with van der Waals surface area (Å²) < 4.78 is 38.1. The number of hydrogen-bond donors (Lipinski definition) is 1. The van der Waals surface area contributed by atoms with Crippen molar-refractivity contribution in [1.29, 1.82) is 0 Å². The van der Waals surface area contributed by atoms with Crippen LogP contribution in [0.3, 0.4) is 0 Å². The molecule has 2 heterocycles. The van der Waals surface area contributed by atoms with Crippen molar-refractivity contribution in [3.8, 4) is 0 Å². The maximum Gasteiger partial charge on any atom is 0.415 e. The summed E-state index contributed by atoms with van der Waals surface area (Å²) in [7, 11) is 1.52. The third-order valence-electron chi connectivity index (χ3n) is 3.90. The Morgan fingerprint density at radius 2 is 1.91 bits per heavy atom. The van der Waals surface area contributed by atoms with Crippen molar-refractivity contribution in [3.63, 3.8) is 0 Å². The van der Waals surface area contributed by atoms with Gasteiger partial charge in [-0.2, -0.15) is 0 Å². The van der Waals surface area contributed by atoms with Gasteiger partial charge in [-0.1, -0.05) is 0 Å². The molecule has 2 aliphatic heterocycles. The topological polar surface area (TPSA) is 79.3 Å². The van der Waals surface area contributed by atoms with Gasteiger partial charge in [-0.15, -0.1) is 0 Å². The average Bonchev–Trinajstić information content (AvgIpc) is 2.82. The summed E-state index contributed by atoms with van der Waals surface area (Å²) in [6.07, 6.45) is -2.38. The Bertz CT molecular complexity index is 640. The van der Waals surface area contributed by atoms with E-state index in [4.69, 9.17) is 9.84 Å². The van der Waals surface area contributed by atoms with E-state index >= 15 is 0 Å². The molecule has 0 unspecified atom stereocenters. The lowest BCUT2D eigenvalue weighted by Crippen LogP contribution is -2.52. The van der Waals surface area contributed by atoms with E-state index in [1.54, 1.807) is 0 Å². The number of nitrogens with zero attached hydrogens (tertiary/aromatic N) is 2. The number of aliphatic carboxylic acids is 1. The van der Waals surface area contributed by atoms with Crippen molar-refractivity contribution < 1.29 is 33.0 Å². The number of anilines is 2. The summed E-state index contributed by atoms with van der Waals surface area (Å²) in [5.74, 6) is -2.98. The summed E-state index contributed by atoms with van der Waals surface area (Å²) in [4.78, 5) is 24.9. The molecule has 2 aliphatic rings. The molecular weight excluding hydrogens is 314 g/mol. The Kier molecular flexibility index (Phi) is 3.80. The number of rotatable bonds is 4. The van der Waals surface area contributed by atoms with Gasteiger partial charge in [0.25, 0.3) is 0 Å². The van der Waals surface area contributed by atoms with Crippen molar-refractivity contribution in [2.45, 2.75) is 12.2 Å². The molecule has 9 heteroatoms. The predicted molar refractivity (Wildman–Crippen MR) is 74.6 cm³/mol. The lowest BCUT2D eigenvalue weighted by atomic mass is 10.1. The summed E-state index contributed by atoms with van der Waals surface area (Å²) >= 11 is 0. The van der Waals surface area contributed by atoms with E-state index in [2.05, 4.69) is 4.74 Å². The Balaban J connectivity index is 1.83. The van der Waals surface area contributed by atoms with Crippen LogP contribution in [0, 0.1) is 11.6 Å². The summed E-state index contributed by atoms with van der Waals surface area (Å²) in [6.45, 7) is 0.439. The zero-order valence-corrected chi connectivity index (χ0v) is 12.2. The second-order valence-corrected chi connectivity index (χ2v) is 5.34. The number of carboxylic acid groups (broad SMARTS) is 1. The molecule has 1 amide bonds. The van der Waals surface area contributed by atoms with E-state index in [0.29, 0.717) is 13.1 Å². The molecule has 0 bridgehead atoms. The average molecular weight is 328 g/mol. The van der Waals surface area contributed by atoms with Gasteiger partial charge >= 0.3 is 12.1 Å². The fourth-order valence-electron chi connectivity index (χ4n) is 2.58. The normalized spacial score (nSPS) is 21.3. The van der Waals surface area contributed by atoms with Crippen molar-refractivity contribution in [1.82, 2.24) is 0 Å². The largest absolute Gasteiger partial charge is 0.478 e. The first-order valence-corrected chi connectivity index (χ1v) is 6.88. The molecule has 0 aliphatic carbocycles. The first-order valence-electron chi connectivity index (χ1n) is 6.88. The fourth-order valence-corrected chi connectivity index (χ4v) is 2.58. The quantitative estimate of drug-likeness (QED) is 0.895. The molecule has 0 spiro atoms. The zero-order valence-electron chi connectivity index (χ0n) is 12.2. The molecule has 1 N–H and O–H groups in total. The number of halogens is 2. The number of amides is 1. The van der Waals surface area contributed by atoms with Gasteiger partial charge in [0.1, 0.15) is 5.69 Å². The van der Waals surface area contributed by atoms with Crippen LogP contribution in [0.1, 0.15) is 0 Å². The van der Waals surface area contributed by atoms with Crippen LogP contribution in [0.5, 0.6) is 0 Å². The number of carboxylic acids is 1. The highest BCUT2D eigenvalue weighted by Gasteiger charge is 2.38. The number of methoxy groups -OCH3 is 1. The number of carbonyl (C=O) groups excluding carboxylic acids is 1. The molecule has 3 rings (SSSR count). The van der Waals surface area contributed by atoms with E-state index < -0.39 is 29.8 Å². The fraction of sp³-hybridized carbons (Fsp3) is 0.429. The van der Waals surface area contributed by atoms with Gasteiger partial charge in [0.15, 0.2) is 11.6 Å². The first-order chi connectivity index (χ1) is 10.9. The highest BCUT2D eigenvalue weighted by Crippen LogP contribution is 2.33. The van der Waals surface area contributed by atoms with Gasteiger partial charge in [0.2, 0.25) is 6.10 Å². The second kappa shape index (κ2) is 5.65. The maximum atomic E-state index is 14.2. The van der Waals surface area contributed by atoms with Crippen LogP contribution < -0.4 is 9.80 Å². The smallest absolute Gasteiger partial charge is 0.415 e. The molecular formula is C14H14F2N2O5. The number of ether oxygens (including phenoxy) is 2. The van der Waals surface area contributed by atoms with Gasteiger partial charge in [0, 0.05) is 32.3 Å². The summed E-state index contributed by atoms with van der Waals surface area (Å²) in [5, 5.41) is 8.84. The van der Waals surface area contributed by atoms with Crippen molar-refractivity contribution >= 4 is 23.4 Å². The Morgan fingerprint density at radius 3 is 2.39 bits per heavy atom. The highest BCUT2D eigenvalue weighted by molar-refractivity contribution is 5.94. The number of benzene rings is 1. The number of hydrogen-bond acceptors (Lipinski definition) is 5. The monoisotopic (exact) mass is 328 g/mol. The molecule has 7 nitrogen and oxygen atoms in total. The summed E-state index contributed by atoms with van der Waals surface area (Å²) in [6, 6.07) is 1.98. The molecule has 2 fully saturated rings. The number of carbonyl (C=O) groups is 2. The molecule has 1 aromatic carbocycles. The third-order valence-corrected chi connectivity index (χ3v) is 3.90.